The summed E-state index contributed by atoms with van der Waals surface area (Å²) in [4.78, 5) is 0. The molecule has 0 aliphatic rings. The Kier molecular flexibility index (Phi) is 13.7. The summed E-state index contributed by atoms with van der Waals surface area (Å²) in [7, 11) is 0. The summed E-state index contributed by atoms with van der Waals surface area (Å²) in [6.45, 7) is 3.00. The maximum absolute atomic E-state index is 5.19. The van der Waals surface area contributed by atoms with Crippen molar-refractivity contribution in [1.29, 1.82) is 0 Å². The molecular formula is C8H14CuN6OS2. The molecule has 0 bridgehead atoms. The van der Waals surface area contributed by atoms with Crippen LogP contribution in [0.3, 0.4) is 0 Å². The molecule has 0 aromatic rings. The Bertz CT molecular complexity index is 336. The molecule has 0 spiro atoms. The van der Waals surface area contributed by atoms with Crippen molar-refractivity contribution in [3.63, 3.8) is 0 Å². The Balaban J connectivity index is 0. The number of hydrogen-bond acceptors (Lipinski definition) is 7. The smallest absolute Gasteiger partial charge is 0.741 e. The van der Waals surface area contributed by atoms with Crippen LogP contribution in [0.25, 0.3) is 0 Å². The van der Waals surface area contributed by atoms with Crippen molar-refractivity contribution >= 4 is 47.5 Å². The first-order chi connectivity index (χ1) is 8.06. The Morgan fingerprint density at radius 3 is 2.28 bits per heavy atom. The third kappa shape index (κ3) is 13.3. The van der Waals surface area contributed by atoms with E-state index in [1.807, 2.05) is 6.92 Å². The molecule has 1 radical (unpaired) electrons. The van der Waals surface area contributed by atoms with Gasteiger partial charge in [0.25, 0.3) is 0 Å². The van der Waals surface area contributed by atoms with Crippen molar-refractivity contribution in [1.82, 2.24) is 0 Å². The van der Waals surface area contributed by atoms with Gasteiger partial charge < -0.3 is 41.5 Å². The number of nitrogens with two attached hydrogens (primary N) is 2. The fourth-order valence-corrected chi connectivity index (χ4v) is 0.815. The zero-order valence-electron chi connectivity index (χ0n) is 9.67. The molecule has 18 heavy (non-hydrogen) atoms. The largest absolute Gasteiger partial charge is 2.00 e. The predicted molar refractivity (Wildman–Crippen MR) is 75.0 cm³/mol. The fraction of sp³-hybridized carbons (Fsp3) is 0.500. The molecule has 0 atom stereocenters. The third-order valence-electron chi connectivity index (χ3n) is 1.35. The van der Waals surface area contributed by atoms with E-state index < -0.39 is 0 Å². The van der Waals surface area contributed by atoms with E-state index >= 15 is 0 Å². The van der Waals surface area contributed by atoms with Crippen LogP contribution in [-0.4, -0.2) is 35.5 Å². The van der Waals surface area contributed by atoms with E-state index in [4.69, 9.17) is 16.2 Å². The second-order valence-corrected chi connectivity index (χ2v) is 3.50. The van der Waals surface area contributed by atoms with Crippen LogP contribution in [0.4, 0.5) is 0 Å². The normalized spacial score (nSPS) is 13.7. The molecule has 0 rings (SSSR count). The van der Waals surface area contributed by atoms with Gasteiger partial charge in [-0.1, -0.05) is 0 Å². The predicted octanol–water partition coefficient (Wildman–Crippen LogP) is -0.524. The molecule has 0 amide bonds. The molecule has 105 valence electrons. The summed E-state index contributed by atoms with van der Waals surface area (Å²) >= 11 is 9.10. The van der Waals surface area contributed by atoms with E-state index in [1.165, 1.54) is 6.21 Å². The van der Waals surface area contributed by atoms with Gasteiger partial charge in [0.05, 0.1) is 18.5 Å². The first-order valence-electron chi connectivity index (χ1n) is 4.74. The van der Waals surface area contributed by atoms with Crippen LogP contribution in [0.1, 0.15) is 13.3 Å². The first-order valence-corrected chi connectivity index (χ1v) is 5.56. The van der Waals surface area contributed by atoms with Crippen LogP contribution < -0.4 is 11.5 Å². The van der Waals surface area contributed by atoms with Crippen molar-refractivity contribution in [3.8, 4) is 0 Å². The van der Waals surface area contributed by atoms with Gasteiger partial charge in [-0.2, -0.15) is 20.4 Å². The van der Waals surface area contributed by atoms with E-state index in [1.54, 1.807) is 0 Å². The van der Waals surface area contributed by atoms with Gasteiger partial charge in [0.15, 0.2) is 0 Å². The Morgan fingerprint density at radius 1 is 1.17 bits per heavy atom. The number of amidine groups is 2. The number of nitrogens with zero attached hydrogens (tertiary/aromatic N) is 4. The van der Waals surface area contributed by atoms with E-state index in [-0.39, 0.29) is 27.4 Å². The van der Waals surface area contributed by atoms with Crippen molar-refractivity contribution in [3.05, 3.63) is 0 Å². The molecular weight excluding hydrogens is 324 g/mol. The van der Waals surface area contributed by atoms with Crippen molar-refractivity contribution < 1.29 is 21.8 Å². The molecule has 0 aliphatic carbocycles. The molecule has 7 nitrogen and oxygen atoms in total. The maximum atomic E-state index is 5.19. The molecule has 10 heteroatoms. The monoisotopic (exact) mass is 337 g/mol. The maximum Gasteiger partial charge on any atom is 2.00 e. The van der Waals surface area contributed by atoms with Crippen LogP contribution >= 0.6 is 0 Å². The Hall–Kier alpha value is -0.801. The Morgan fingerprint density at radius 2 is 1.78 bits per heavy atom. The quantitative estimate of drug-likeness (QED) is 0.162. The van der Waals surface area contributed by atoms with Gasteiger partial charge in [-0.15, -0.1) is 0 Å². The van der Waals surface area contributed by atoms with Gasteiger partial charge in [-0.3, -0.25) is 0 Å². The summed E-state index contributed by atoms with van der Waals surface area (Å²) < 4.78 is 5.17. The number of hydrogen-bond donors (Lipinski definition) is 2. The average Bonchev–Trinajstić information content (AvgIpc) is 2.24. The van der Waals surface area contributed by atoms with Gasteiger partial charge in [-0.05, 0) is 17.3 Å². The van der Waals surface area contributed by atoms with Gasteiger partial charge >= 0.3 is 17.1 Å². The van der Waals surface area contributed by atoms with E-state index in [2.05, 4.69) is 45.7 Å². The zero-order chi connectivity index (χ0) is 13.1. The molecule has 0 fully saturated rings. The summed E-state index contributed by atoms with van der Waals surface area (Å²) in [5.74, 6) is 0. The summed E-state index contributed by atoms with van der Waals surface area (Å²) in [6.07, 6.45) is 1.89. The first kappa shape index (κ1) is 19.5. The van der Waals surface area contributed by atoms with Gasteiger partial charge in [-0.25, -0.2) is 0 Å². The molecule has 0 aliphatic heterocycles. The Labute approximate surface area is 128 Å². The zero-order valence-corrected chi connectivity index (χ0v) is 12.2. The summed E-state index contributed by atoms with van der Waals surface area (Å²) in [5.41, 5.74) is 10.9. The molecule has 0 aromatic carbocycles. The molecule has 0 aromatic heterocycles. The second-order valence-electron chi connectivity index (χ2n) is 2.66. The minimum atomic E-state index is -0.0586. The van der Waals surface area contributed by atoms with Crippen LogP contribution in [0.15, 0.2) is 20.4 Å². The standard InChI is InChI=1S/C8H16N6OS2.Cu/c1-2-15-4-3-6(12-14-8(10)17)5-11-13-7(9)16;/h5H,2-4H2,1H3,(H3,9,13,16)(H3,10,14,17);/q;+2/p-2/b11-5+,12-6+;. The topological polar surface area (TPSA) is 111 Å². The van der Waals surface area contributed by atoms with Crippen LogP contribution in [0.2, 0.25) is 0 Å². The van der Waals surface area contributed by atoms with Gasteiger partial charge in [0.1, 0.15) is 0 Å². The second kappa shape index (κ2) is 12.7. The fourth-order valence-electron chi connectivity index (χ4n) is 0.727. The molecule has 0 saturated heterocycles. The van der Waals surface area contributed by atoms with Crippen molar-refractivity contribution in [2.45, 2.75) is 13.3 Å². The molecule has 0 saturated carbocycles. The van der Waals surface area contributed by atoms with Crippen LogP contribution in [-0.2, 0) is 47.1 Å². The van der Waals surface area contributed by atoms with Crippen molar-refractivity contribution in [2.75, 3.05) is 13.2 Å². The third-order valence-corrected chi connectivity index (χ3v) is 1.51. The van der Waals surface area contributed by atoms with E-state index in [0.717, 1.165) is 0 Å². The van der Waals surface area contributed by atoms with Gasteiger partial charge in [0, 0.05) is 13.0 Å². The van der Waals surface area contributed by atoms with Crippen LogP contribution in [0, 0.1) is 0 Å². The summed E-state index contributed by atoms with van der Waals surface area (Å²) in [6, 6.07) is 0. The summed E-state index contributed by atoms with van der Waals surface area (Å²) in [5, 5.41) is 14.3. The molecule has 4 N–H and O–H groups in total. The van der Waals surface area contributed by atoms with Gasteiger partial charge in [0.2, 0.25) is 0 Å². The minimum absolute atomic E-state index is 0. The van der Waals surface area contributed by atoms with E-state index in [0.29, 0.717) is 25.3 Å². The minimum Gasteiger partial charge on any atom is -0.741 e. The average molecular weight is 338 g/mol. The number of rotatable bonds is 7. The van der Waals surface area contributed by atoms with E-state index in [9.17, 15) is 0 Å². The van der Waals surface area contributed by atoms with Crippen molar-refractivity contribution in [2.24, 2.45) is 31.9 Å². The molecule has 0 unspecified atom stereocenters. The molecule has 0 heterocycles. The van der Waals surface area contributed by atoms with Crippen LogP contribution in [0.5, 0.6) is 0 Å². The SMILES string of the molecule is CCOCCC(/C=N/N=C(/N)[S-])=N\N=C(\N)[S-].[Cu+2]. The number of ether oxygens (including phenoxy) is 1.